The molecule has 2 atom stereocenters. The highest BCUT2D eigenvalue weighted by Gasteiger charge is 2.30. The minimum atomic E-state index is -1.57. The zero-order valence-corrected chi connectivity index (χ0v) is 18.1. The van der Waals surface area contributed by atoms with E-state index in [2.05, 4.69) is 4.72 Å². The van der Waals surface area contributed by atoms with Crippen LogP contribution in [0.2, 0.25) is 0 Å². The molecule has 0 spiro atoms. The Labute approximate surface area is 179 Å². The maximum atomic E-state index is 13.1. The van der Waals surface area contributed by atoms with Gasteiger partial charge in [-0.15, -0.1) is 0 Å². The summed E-state index contributed by atoms with van der Waals surface area (Å²) in [7, 11) is -1.57. The monoisotopic (exact) mass is 423 g/mol. The Morgan fingerprint density at radius 1 is 1.07 bits per heavy atom. The van der Waals surface area contributed by atoms with Crippen molar-refractivity contribution in [3.05, 3.63) is 95.5 Å². The molecule has 0 unspecified atom stereocenters. The normalized spacial score (nSPS) is 14.0. The van der Waals surface area contributed by atoms with Gasteiger partial charge in [0.1, 0.15) is 22.8 Å². The number of aryl methyl sites for hydroxylation is 1. The van der Waals surface area contributed by atoms with Crippen LogP contribution in [0.15, 0.2) is 87.9 Å². The van der Waals surface area contributed by atoms with Gasteiger partial charge < -0.3 is 9.15 Å². The molecule has 3 aromatic rings. The van der Waals surface area contributed by atoms with Crippen LogP contribution in [0.1, 0.15) is 36.8 Å². The average molecular weight is 424 g/mol. The molecular formula is C24H25NO4S. The summed E-state index contributed by atoms with van der Waals surface area (Å²) in [6, 6.07) is 19.7. The Morgan fingerprint density at radius 2 is 1.77 bits per heavy atom. The van der Waals surface area contributed by atoms with Crippen molar-refractivity contribution in [3.8, 4) is 0 Å². The van der Waals surface area contributed by atoms with Crippen molar-refractivity contribution in [2.45, 2.75) is 31.7 Å². The highest BCUT2D eigenvalue weighted by atomic mass is 32.2. The van der Waals surface area contributed by atoms with E-state index in [9.17, 15) is 9.00 Å². The second-order valence-electron chi connectivity index (χ2n) is 6.77. The average Bonchev–Trinajstić information content (AvgIpc) is 3.29. The number of ether oxygens (including phenoxy) is 1. The van der Waals surface area contributed by atoms with Gasteiger partial charge in [0.25, 0.3) is 0 Å². The molecule has 30 heavy (non-hydrogen) atoms. The van der Waals surface area contributed by atoms with Crippen LogP contribution in [0.25, 0.3) is 5.57 Å². The van der Waals surface area contributed by atoms with Crippen LogP contribution >= 0.6 is 0 Å². The highest BCUT2D eigenvalue weighted by Crippen LogP contribution is 2.31. The molecule has 1 N–H and O–H groups in total. The number of hydrogen-bond acceptors (Lipinski definition) is 4. The first-order chi connectivity index (χ1) is 14.5. The van der Waals surface area contributed by atoms with Crippen LogP contribution in [0.5, 0.6) is 0 Å². The highest BCUT2D eigenvalue weighted by molar-refractivity contribution is 7.83. The quantitative estimate of drug-likeness (QED) is 0.410. The summed E-state index contributed by atoms with van der Waals surface area (Å²) in [4.78, 5) is 13.6. The third-order valence-electron chi connectivity index (χ3n) is 4.68. The first kappa shape index (κ1) is 21.7. The fourth-order valence-corrected chi connectivity index (χ4v) is 4.06. The molecule has 0 aliphatic rings. The lowest BCUT2D eigenvalue weighted by Crippen LogP contribution is -2.29. The minimum absolute atomic E-state index is 0.232. The van der Waals surface area contributed by atoms with Gasteiger partial charge in [0.05, 0.1) is 23.3 Å². The molecule has 0 saturated heterocycles. The standard InChI is InChI=1S/C24H25NO4S/c1-4-28-24(26)22(18(3)19-9-6-5-7-10-19)23(21-11-8-16-29-21)25-30(27)20-14-12-17(2)13-15-20/h5-16,23,25H,4H2,1-3H3/b22-18-/t23-,30-/m0/s1. The molecule has 5 nitrogen and oxygen atoms in total. The zero-order chi connectivity index (χ0) is 21.5. The molecule has 2 aromatic carbocycles. The number of allylic oxidation sites excluding steroid dienone is 1. The lowest BCUT2D eigenvalue weighted by Gasteiger charge is -2.21. The predicted octanol–water partition coefficient (Wildman–Crippen LogP) is 4.98. The van der Waals surface area contributed by atoms with Crippen LogP contribution in [0.3, 0.4) is 0 Å². The topological polar surface area (TPSA) is 68.5 Å². The Hall–Kier alpha value is -2.96. The molecule has 0 saturated carbocycles. The van der Waals surface area contributed by atoms with Gasteiger partial charge in [0.15, 0.2) is 0 Å². The third-order valence-corrected chi connectivity index (χ3v) is 5.83. The summed E-state index contributed by atoms with van der Waals surface area (Å²) < 4.78 is 27.1. The van der Waals surface area contributed by atoms with E-state index in [1.165, 1.54) is 6.26 Å². The maximum Gasteiger partial charge on any atom is 0.336 e. The van der Waals surface area contributed by atoms with Crippen molar-refractivity contribution in [2.75, 3.05) is 6.61 Å². The van der Waals surface area contributed by atoms with Gasteiger partial charge in [-0.1, -0.05) is 48.0 Å². The largest absolute Gasteiger partial charge is 0.467 e. The van der Waals surface area contributed by atoms with Gasteiger partial charge in [0.2, 0.25) is 0 Å². The van der Waals surface area contributed by atoms with Gasteiger partial charge in [-0.2, -0.15) is 0 Å². The Balaban J connectivity index is 2.07. The van der Waals surface area contributed by atoms with Crippen molar-refractivity contribution >= 4 is 22.5 Å². The second kappa shape index (κ2) is 10.2. The summed E-state index contributed by atoms with van der Waals surface area (Å²) in [5.41, 5.74) is 3.03. The van der Waals surface area contributed by atoms with E-state index in [0.29, 0.717) is 16.2 Å². The second-order valence-corrected chi connectivity index (χ2v) is 8.02. The molecule has 0 radical (unpaired) electrons. The van der Waals surface area contributed by atoms with Crippen molar-refractivity contribution in [3.63, 3.8) is 0 Å². The summed E-state index contributed by atoms with van der Waals surface area (Å²) in [6.45, 7) is 5.81. The van der Waals surface area contributed by atoms with Crippen LogP contribution in [0.4, 0.5) is 0 Å². The fraction of sp³-hybridized carbons (Fsp3) is 0.208. The number of rotatable bonds is 8. The molecule has 1 aromatic heterocycles. The molecule has 0 bridgehead atoms. The van der Waals surface area contributed by atoms with Crippen LogP contribution in [0, 0.1) is 6.92 Å². The van der Waals surface area contributed by atoms with Crippen molar-refractivity contribution < 1.29 is 18.2 Å². The summed E-state index contributed by atoms with van der Waals surface area (Å²) in [5.74, 6) is 0.00227. The van der Waals surface area contributed by atoms with Gasteiger partial charge in [0, 0.05) is 0 Å². The molecular weight excluding hydrogens is 398 g/mol. The third kappa shape index (κ3) is 5.14. The van der Waals surface area contributed by atoms with E-state index in [0.717, 1.165) is 16.7 Å². The number of esters is 1. The van der Waals surface area contributed by atoms with Gasteiger partial charge in [-0.3, -0.25) is 0 Å². The molecule has 156 valence electrons. The van der Waals surface area contributed by atoms with E-state index in [1.54, 1.807) is 31.2 Å². The van der Waals surface area contributed by atoms with Crippen LogP contribution in [-0.2, 0) is 20.5 Å². The maximum absolute atomic E-state index is 13.1. The zero-order valence-electron chi connectivity index (χ0n) is 17.3. The first-order valence-corrected chi connectivity index (χ1v) is 10.9. The lowest BCUT2D eigenvalue weighted by atomic mass is 9.95. The smallest absolute Gasteiger partial charge is 0.336 e. The van der Waals surface area contributed by atoms with E-state index in [4.69, 9.17) is 9.15 Å². The van der Waals surface area contributed by atoms with E-state index in [1.807, 2.05) is 56.3 Å². The lowest BCUT2D eigenvalue weighted by molar-refractivity contribution is -0.138. The Kier molecular flexibility index (Phi) is 7.38. The van der Waals surface area contributed by atoms with Crippen LogP contribution in [-0.4, -0.2) is 16.8 Å². The molecule has 3 rings (SSSR count). The molecule has 6 heteroatoms. The number of carbonyl (C=O) groups excluding carboxylic acids is 1. The van der Waals surface area contributed by atoms with Gasteiger partial charge in [-0.05, 0) is 56.2 Å². The fourth-order valence-electron chi connectivity index (χ4n) is 3.09. The first-order valence-electron chi connectivity index (χ1n) is 9.72. The number of hydrogen-bond donors (Lipinski definition) is 1. The Bertz CT molecular complexity index is 1020. The molecule has 0 aliphatic carbocycles. The Morgan fingerprint density at radius 3 is 2.37 bits per heavy atom. The van der Waals surface area contributed by atoms with Crippen molar-refractivity contribution in [1.29, 1.82) is 0 Å². The molecule has 0 aliphatic heterocycles. The van der Waals surface area contributed by atoms with Crippen molar-refractivity contribution in [2.24, 2.45) is 0 Å². The number of furan rings is 1. The van der Waals surface area contributed by atoms with Gasteiger partial charge >= 0.3 is 5.97 Å². The minimum Gasteiger partial charge on any atom is -0.467 e. The van der Waals surface area contributed by atoms with Crippen molar-refractivity contribution in [1.82, 2.24) is 4.72 Å². The van der Waals surface area contributed by atoms with E-state index >= 15 is 0 Å². The summed E-state index contributed by atoms with van der Waals surface area (Å²) in [6.07, 6.45) is 1.53. The van der Waals surface area contributed by atoms with E-state index < -0.39 is 23.0 Å². The van der Waals surface area contributed by atoms with Gasteiger partial charge in [-0.25, -0.2) is 13.7 Å². The molecule has 0 fully saturated rings. The number of nitrogens with one attached hydrogen (secondary N) is 1. The van der Waals surface area contributed by atoms with E-state index in [-0.39, 0.29) is 6.61 Å². The molecule has 1 heterocycles. The number of carbonyl (C=O) groups is 1. The number of benzene rings is 2. The SMILES string of the molecule is CCOC(=O)/C(=C(/C)c1ccccc1)[C@@H](N[S@@](=O)c1ccc(C)cc1)c1ccco1. The molecule has 0 amide bonds. The predicted molar refractivity (Wildman–Crippen MR) is 118 cm³/mol. The van der Waals surface area contributed by atoms with Crippen LogP contribution < -0.4 is 4.72 Å². The summed E-state index contributed by atoms with van der Waals surface area (Å²) in [5, 5.41) is 0. The summed E-state index contributed by atoms with van der Waals surface area (Å²) >= 11 is 0.